The highest BCUT2D eigenvalue weighted by Gasteiger charge is 2.30. The first kappa shape index (κ1) is 24.7. The molecule has 32 heavy (non-hydrogen) atoms. The van der Waals surface area contributed by atoms with Crippen molar-refractivity contribution in [2.45, 2.75) is 50.3 Å². The van der Waals surface area contributed by atoms with Gasteiger partial charge in [-0.05, 0) is 36.0 Å². The van der Waals surface area contributed by atoms with Crippen LogP contribution in [0.5, 0.6) is 0 Å². The molecule has 3 rings (SSSR count). The van der Waals surface area contributed by atoms with E-state index < -0.39 is 10.0 Å². The molecule has 2 fully saturated rings. The molecule has 0 atom stereocenters. The van der Waals surface area contributed by atoms with Crippen LogP contribution < -0.4 is 4.72 Å². The molecule has 2 aliphatic rings. The van der Waals surface area contributed by atoms with Crippen molar-refractivity contribution in [3.63, 3.8) is 0 Å². The second-order valence-electron chi connectivity index (χ2n) is 9.51. The van der Waals surface area contributed by atoms with E-state index in [0.717, 1.165) is 5.56 Å². The van der Waals surface area contributed by atoms with Gasteiger partial charge in [-0.15, -0.1) is 0 Å². The molecule has 0 bridgehead atoms. The largest absolute Gasteiger partial charge is 0.378 e. The van der Waals surface area contributed by atoms with Crippen LogP contribution in [-0.2, 0) is 29.8 Å². The summed E-state index contributed by atoms with van der Waals surface area (Å²) >= 11 is 0. The Bertz CT molecular complexity index is 895. The highest BCUT2D eigenvalue weighted by atomic mass is 32.2. The van der Waals surface area contributed by atoms with Crippen molar-refractivity contribution in [3.05, 3.63) is 29.8 Å². The van der Waals surface area contributed by atoms with E-state index in [1.54, 1.807) is 17.0 Å². The summed E-state index contributed by atoms with van der Waals surface area (Å²) in [6, 6.07) is 6.84. The first-order valence-electron chi connectivity index (χ1n) is 11.3. The highest BCUT2D eigenvalue weighted by molar-refractivity contribution is 7.89. The summed E-state index contributed by atoms with van der Waals surface area (Å²) in [5.41, 5.74) is 1.00. The SMILES string of the molecule is CC(C)(C)c1ccc(S(=O)(=O)NCCC(=O)N2CCC(C(=O)N3CCOCC3)CC2)cc1. The van der Waals surface area contributed by atoms with Crippen molar-refractivity contribution in [2.24, 2.45) is 5.92 Å². The van der Waals surface area contributed by atoms with E-state index in [1.807, 2.05) is 17.0 Å². The number of carbonyl (C=O) groups excluding carboxylic acids is 2. The van der Waals surface area contributed by atoms with Gasteiger partial charge in [-0.3, -0.25) is 9.59 Å². The Labute approximate surface area is 191 Å². The van der Waals surface area contributed by atoms with E-state index in [4.69, 9.17) is 4.74 Å². The number of carbonyl (C=O) groups is 2. The molecule has 0 radical (unpaired) electrons. The molecule has 9 heteroatoms. The molecule has 1 N–H and O–H groups in total. The number of benzene rings is 1. The van der Waals surface area contributed by atoms with E-state index in [-0.39, 0.29) is 41.0 Å². The zero-order chi connectivity index (χ0) is 23.4. The third-order valence-corrected chi connectivity index (χ3v) is 7.66. The number of hydrogen-bond donors (Lipinski definition) is 1. The van der Waals surface area contributed by atoms with Crippen molar-refractivity contribution >= 4 is 21.8 Å². The number of likely N-dealkylation sites (tertiary alicyclic amines) is 1. The number of rotatable bonds is 6. The van der Waals surface area contributed by atoms with Crippen LogP contribution in [0.25, 0.3) is 0 Å². The molecular weight excluding hydrogens is 430 g/mol. The maximum atomic E-state index is 12.6. The summed E-state index contributed by atoms with van der Waals surface area (Å²) in [7, 11) is -3.66. The third kappa shape index (κ3) is 6.30. The van der Waals surface area contributed by atoms with Gasteiger partial charge in [-0.25, -0.2) is 13.1 Å². The van der Waals surface area contributed by atoms with Crippen LogP contribution in [0.1, 0.15) is 45.6 Å². The van der Waals surface area contributed by atoms with Gasteiger partial charge in [0.05, 0.1) is 18.1 Å². The molecule has 8 nitrogen and oxygen atoms in total. The first-order chi connectivity index (χ1) is 15.1. The first-order valence-corrected chi connectivity index (χ1v) is 12.8. The van der Waals surface area contributed by atoms with E-state index >= 15 is 0 Å². The van der Waals surface area contributed by atoms with Gasteiger partial charge in [0.15, 0.2) is 0 Å². The van der Waals surface area contributed by atoms with E-state index in [0.29, 0.717) is 52.2 Å². The molecule has 2 saturated heterocycles. The molecular formula is C23H35N3O5S. The maximum Gasteiger partial charge on any atom is 0.240 e. The second kappa shape index (κ2) is 10.3. The second-order valence-corrected chi connectivity index (χ2v) is 11.3. The lowest BCUT2D eigenvalue weighted by Gasteiger charge is -2.35. The number of morpholine rings is 1. The Balaban J connectivity index is 1.43. The Morgan fingerprint density at radius 1 is 1.00 bits per heavy atom. The molecule has 0 aromatic heterocycles. The summed E-state index contributed by atoms with van der Waals surface area (Å²) in [6.45, 7) is 9.76. The summed E-state index contributed by atoms with van der Waals surface area (Å²) in [5, 5.41) is 0. The number of amides is 2. The molecule has 0 unspecified atom stereocenters. The number of hydrogen-bond acceptors (Lipinski definition) is 5. The van der Waals surface area contributed by atoms with Crippen LogP contribution in [0.2, 0.25) is 0 Å². The van der Waals surface area contributed by atoms with Crippen molar-refractivity contribution in [1.29, 1.82) is 0 Å². The predicted octanol–water partition coefficient (Wildman–Crippen LogP) is 1.75. The minimum atomic E-state index is -3.66. The van der Waals surface area contributed by atoms with Crippen LogP contribution in [-0.4, -0.2) is 76.0 Å². The smallest absolute Gasteiger partial charge is 0.240 e. The lowest BCUT2D eigenvalue weighted by atomic mass is 9.87. The van der Waals surface area contributed by atoms with E-state index in [2.05, 4.69) is 25.5 Å². The van der Waals surface area contributed by atoms with Gasteiger partial charge >= 0.3 is 0 Å². The van der Waals surface area contributed by atoms with Crippen LogP contribution in [0.15, 0.2) is 29.2 Å². The van der Waals surface area contributed by atoms with E-state index in [9.17, 15) is 18.0 Å². The topological polar surface area (TPSA) is 96.0 Å². The van der Waals surface area contributed by atoms with Gasteiger partial charge in [0, 0.05) is 45.1 Å². The third-order valence-electron chi connectivity index (χ3n) is 6.18. The molecule has 0 saturated carbocycles. The molecule has 0 aliphatic carbocycles. The molecule has 178 valence electrons. The molecule has 1 aromatic carbocycles. The van der Waals surface area contributed by atoms with Crippen LogP contribution in [0.4, 0.5) is 0 Å². The van der Waals surface area contributed by atoms with Crippen molar-refractivity contribution in [2.75, 3.05) is 45.9 Å². The van der Waals surface area contributed by atoms with Gasteiger partial charge < -0.3 is 14.5 Å². The molecule has 2 amide bonds. The van der Waals surface area contributed by atoms with E-state index in [1.165, 1.54) is 0 Å². The number of sulfonamides is 1. The lowest BCUT2D eigenvalue weighted by molar-refractivity contribution is -0.143. The van der Waals surface area contributed by atoms with Gasteiger partial charge in [0.25, 0.3) is 0 Å². The van der Waals surface area contributed by atoms with Crippen molar-refractivity contribution in [1.82, 2.24) is 14.5 Å². The highest BCUT2D eigenvalue weighted by Crippen LogP contribution is 2.24. The quantitative estimate of drug-likeness (QED) is 0.691. The summed E-state index contributed by atoms with van der Waals surface area (Å²) in [6.07, 6.45) is 1.39. The predicted molar refractivity (Wildman–Crippen MR) is 122 cm³/mol. The Morgan fingerprint density at radius 2 is 1.59 bits per heavy atom. The fourth-order valence-corrected chi connectivity index (χ4v) is 5.12. The zero-order valence-electron chi connectivity index (χ0n) is 19.3. The number of ether oxygens (including phenoxy) is 1. The van der Waals surface area contributed by atoms with Gasteiger partial charge in [0.2, 0.25) is 21.8 Å². The van der Waals surface area contributed by atoms with Gasteiger partial charge in [0.1, 0.15) is 0 Å². The Hall–Kier alpha value is -1.97. The van der Waals surface area contributed by atoms with Crippen molar-refractivity contribution in [3.8, 4) is 0 Å². The number of piperidine rings is 1. The molecule has 2 heterocycles. The molecule has 2 aliphatic heterocycles. The van der Waals surface area contributed by atoms with Gasteiger partial charge in [-0.2, -0.15) is 0 Å². The normalized spacial score (nSPS) is 18.6. The van der Waals surface area contributed by atoms with Crippen LogP contribution in [0.3, 0.4) is 0 Å². The van der Waals surface area contributed by atoms with Crippen LogP contribution in [0, 0.1) is 5.92 Å². The van der Waals surface area contributed by atoms with Gasteiger partial charge in [-0.1, -0.05) is 32.9 Å². The Kier molecular flexibility index (Phi) is 7.95. The minimum absolute atomic E-state index is 0.0493. The molecule has 0 spiro atoms. The number of nitrogens with one attached hydrogen (secondary N) is 1. The molecule has 1 aromatic rings. The summed E-state index contributed by atoms with van der Waals surface area (Å²) in [5.74, 6) is 0.0189. The standard InChI is InChI=1S/C23H35N3O5S/c1-23(2,3)19-4-6-20(7-5-19)32(29,30)24-11-8-21(27)25-12-9-18(10-13-25)22(28)26-14-16-31-17-15-26/h4-7,18,24H,8-17H2,1-3H3. The Morgan fingerprint density at radius 3 is 2.16 bits per heavy atom. The fraction of sp³-hybridized carbons (Fsp3) is 0.652. The lowest BCUT2D eigenvalue weighted by Crippen LogP contribution is -2.47. The average Bonchev–Trinajstić information content (AvgIpc) is 2.78. The average molecular weight is 466 g/mol. The zero-order valence-corrected chi connectivity index (χ0v) is 20.1. The minimum Gasteiger partial charge on any atom is -0.378 e. The van der Waals surface area contributed by atoms with Crippen LogP contribution >= 0.6 is 0 Å². The summed E-state index contributed by atoms with van der Waals surface area (Å²) in [4.78, 5) is 28.9. The van der Waals surface area contributed by atoms with Crippen molar-refractivity contribution < 1.29 is 22.7 Å². The number of nitrogens with zero attached hydrogens (tertiary/aromatic N) is 2. The summed E-state index contributed by atoms with van der Waals surface area (Å²) < 4.78 is 32.9. The fourth-order valence-electron chi connectivity index (χ4n) is 4.09. The maximum absolute atomic E-state index is 12.6. The monoisotopic (exact) mass is 465 g/mol.